The smallest absolute Gasteiger partial charge is 0.232 e. The predicted octanol–water partition coefficient (Wildman–Crippen LogP) is 7.29. The lowest BCUT2D eigenvalue weighted by molar-refractivity contribution is -0.123. The molecule has 3 heterocycles. The third-order valence-corrected chi connectivity index (χ3v) is 10.9. The number of carbonyl (C=O) groups excluding carboxylic acids is 1. The highest BCUT2D eigenvalue weighted by atomic mass is 16.5. The molecule has 7 nitrogen and oxygen atoms in total. The second kappa shape index (κ2) is 18.1. The third kappa shape index (κ3) is 9.50. The molecule has 2 fully saturated rings. The van der Waals surface area contributed by atoms with Crippen molar-refractivity contribution >= 4 is 5.91 Å². The summed E-state index contributed by atoms with van der Waals surface area (Å²) in [7, 11) is 0. The first-order chi connectivity index (χ1) is 23.8. The standard InChI is InChI=1S/C42H61N5O2/c1-33(2)47(39-22-28-46(29-23-39)31-35-30-44-24-20-40(35)49-34(3)4)26-15-7-5-6-14-25-45-27-21-38(32-45)42(41(43)48,36-16-10-8-11-17-36)37-18-12-9-13-19-37/h8-13,16-20,24,30,33-34,38-39H,5-7,14-15,21-23,25-29,31-32H2,1-4H3,(H2,43,48). The van der Waals surface area contributed by atoms with E-state index in [9.17, 15) is 4.79 Å². The Morgan fingerprint density at radius 1 is 0.857 bits per heavy atom. The highest BCUT2D eigenvalue weighted by Crippen LogP contribution is 2.43. The van der Waals surface area contributed by atoms with Crippen LogP contribution >= 0.6 is 0 Å². The topological polar surface area (TPSA) is 74.9 Å². The van der Waals surface area contributed by atoms with Crippen LogP contribution in [-0.4, -0.2) is 83.0 Å². The number of hydrogen-bond acceptors (Lipinski definition) is 6. The van der Waals surface area contributed by atoms with E-state index in [0.717, 1.165) is 62.6 Å². The Morgan fingerprint density at radius 2 is 1.47 bits per heavy atom. The zero-order chi connectivity index (χ0) is 34.6. The second-order valence-electron chi connectivity index (χ2n) is 14.9. The first kappa shape index (κ1) is 37.0. The summed E-state index contributed by atoms with van der Waals surface area (Å²) >= 11 is 0. The molecular weight excluding hydrogens is 606 g/mol. The van der Waals surface area contributed by atoms with E-state index in [-0.39, 0.29) is 17.9 Å². The average Bonchev–Trinajstić information content (AvgIpc) is 3.57. The fraction of sp³-hybridized carbons (Fsp3) is 0.571. The SMILES string of the molecule is CC(C)Oc1ccncc1CN1CCC(N(CCCCCCCN2CCC(C(C(N)=O)(c3ccccc3)c3ccccc3)C2)C(C)C)CC1. The summed E-state index contributed by atoms with van der Waals surface area (Å²) in [5.41, 5.74) is 8.71. The van der Waals surface area contributed by atoms with Crippen LogP contribution in [0.3, 0.4) is 0 Å². The molecule has 0 bridgehead atoms. The van der Waals surface area contributed by atoms with Crippen molar-refractivity contribution in [2.75, 3.05) is 39.3 Å². The molecule has 0 saturated carbocycles. The zero-order valence-corrected chi connectivity index (χ0v) is 30.6. The zero-order valence-electron chi connectivity index (χ0n) is 30.6. The highest BCUT2D eigenvalue weighted by molar-refractivity contribution is 5.91. The van der Waals surface area contributed by atoms with Gasteiger partial charge in [-0.15, -0.1) is 0 Å². The van der Waals surface area contributed by atoms with E-state index in [1.54, 1.807) is 0 Å². The van der Waals surface area contributed by atoms with Gasteiger partial charge in [0.15, 0.2) is 0 Å². The highest BCUT2D eigenvalue weighted by Gasteiger charge is 2.49. The van der Waals surface area contributed by atoms with Gasteiger partial charge in [0.05, 0.1) is 6.10 Å². The van der Waals surface area contributed by atoms with Crippen LogP contribution in [0.1, 0.15) is 95.8 Å². The fourth-order valence-electron chi connectivity index (χ4n) is 8.49. The summed E-state index contributed by atoms with van der Waals surface area (Å²) in [6.07, 6.45) is 13.7. The predicted molar refractivity (Wildman–Crippen MR) is 201 cm³/mol. The lowest BCUT2D eigenvalue weighted by atomic mass is 9.64. The minimum Gasteiger partial charge on any atom is -0.491 e. The van der Waals surface area contributed by atoms with Gasteiger partial charge in [-0.3, -0.25) is 19.6 Å². The second-order valence-corrected chi connectivity index (χ2v) is 14.9. The van der Waals surface area contributed by atoms with Gasteiger partial charge in [-0.1, -0.05) is 79.9 Å². The van der Waals surface area contributed by atoms with Crippen molar-refractivity contribution in [1.82, 2.24) is 19.7 Å². The summed E-state index contributed by atoms with van der Waals surface area (Å²) in [5, 5.41) is 0. The number of primary amides is 1. The molecule has 0 aliphatic carbocycles. The van der Waals surface area contributed by atoms with E-state index in [1.807, 2.05) is 54.9 Å². The third-order valence-electron chi connectivity index (χ3n) is 10.9. The Balaban J connectivity index is 1.03. The molecule has 1 aromatic heterocycles. The number of amides is 1. The summed E-state index contributed by atoms with van der Waals surface area (Å²) < 4.78 is 6.04. The first-order valence-corrected chi connectivity index (χ1v) is 19.0. The Morgan fingerprint density at radius 3 is 2.08 bits per heavy atom. The first-order valence-electron chi connectivity index (χ1n) is 19.0. The monoisotopic (exact) mass is 667 g/mol. The van der Waals surface area contributed by atoms with Crippen LogP contribution in [-0.2, 0) is 16.8 Å². The molecule has 0 radical (unpaired) electrons. The number of likely N-dealkylation sites (tertiary alicyclic amines) is 2. The van der Waals surface area contributed by atoms with Crippen molar-refractivity contribution in [2.24, 2.45) is 11.7 Å². The Bertz CT molecular complexity index is 1370. The summed E-state index contributed by atoms with van der Waals surface area (Å²) in [5.74, 6) is 0.889. The van der Waals surface area contributed by atoms with Crippen LogP contribution in [0.25, 0.3) is 0 Å². The van der Waals surface area contributed by atoms with Gasteiger partial charge in [-0.05, 0) is 116 Å². The molecule has 2 saturated heterocycles. The van der Waals surface area contributed by atoms with Gasteiger partial charge in [0.2, 0.25) is 5.91 Å². The van der Waals surface area contributed by atoms with Gasteiger partial charge in [-0.2, -0.15) is 0 Å². The van der Waals surface area contributed by atoms with Gasteiger partial charge < -0.3 is 15.4 Å². The Labute approximate surface area is 296 Å². The quantitative estimate of drug-likeness (QED) is 0.144. The van der Waals surface area contributed by atoms with Crippen LogP contribution in [0, 0.1) is 5.92 Å². The summed E-state index contributed by atoms with van der Waals surface area (Å²) in [6, 6.07) is 23.7. The van der Waals surface area contributed by atoms with Crippen molar-refractivity contribution in [2.45, 2.75) is 109 Å². The molecule has 2 N–H and O–H groups in total. The molecule has 266 valence electrons. The minimum absolute atomic E-state index is 0.162. The van der Waals surface area contributed by atoms with E-state index in [1.165, 1.54) is 57.1 Å². The van der Waals surface area contributed by atoms with Crippen molar-refractivity contribution in [3.8, 4) is 5.75 Å². The number of aromatic nitrogens is 1. The average molecular weight is 668 g/mol. The maximum atomic E-state index is 13.4. The molecule has 5 rings (SSSR count). The van der Waals surface area contributed by atoms with Gasteiger partial charge >= 0.3 is 0 Å². The van der Waals surface area contributed by atoms with Gasteiger partial charge in [0, 0.05) is 43.1 Å². The molecule has 7 heteroatoms. The van der Waals surface area contributed by atoms with Crippen LogP contribution in [0.5, 0.6) is 5.75 Å². The van der Waals surface area contributed by atoms with Crippen LogP contribution < -0.4 is 10.5 Å². The van der Waals surface area contributed by atoms with Crippen LogP contribution in [0.15, 0.2) is 79.1 Å². The lowest BCUT2D eigenvalue weighted by Crippen LogP contribution is -2.49. The van der Waals surface area contributed by atoms with Crippen molar-refractivity contribution < 1.29 is 9.53 Å². The molecular formula is C42H61N5O2. The number of nitrogens with two attached hydrogens (primary N) is 1. The van der Waals surface area contributed by atoms with Crippen molar-refractivity contribution in [3.63, 3.8) is 0 Å². The van der Waals surface area contributed by atoms with Gasteiger partial charge in [0.25, 0.3) is 0 Å². The number of benzene rings is 2. The number of nitrogens with zero attached hydrogens (tertiary/aromatic N) is 4. The number of hydrogen-bond donors (Lipinski definition) is 1. The van der Waals surface area contributed by atoms with Gasteiger partial charge in [-0.25, -0.2) is 0 Å². The maximum absolute atomic E-state index is 13.4. The molecule has 1 unspecified atom stereocenters. The molecule has 1 atom stereocenters. The fourth-order valence-corrected chi connectivity index (χ4v) is 8.49. The van der Waals surface area contributed by atoms with Crippen LogP contribution in [0.4, 0.5) is 0 Å². The van der Waals surface area contributed by atoms with E-state index in [4.69, 9.17) is 10.5 Å². The Hall–Kier alpha value is -3.26. The number of unbranched alkanes of at least 4 members (excludes halogenated alkanes) is 4. The Kier molecular flexibility index (Phi) is 13.7. The summed E-state index contributed by atoms with van der Waals surface area (Å²) in [4.78, 5) is 25.7. The number of carbonyl (C=O) groups is 1. The van der Waals surface area contributed by atoms with E-state index in [0.29, 0.717) is 12.1 Å². The largest absolute Gasteiger partial charge is 0.491 e. The van der Waals surface area contributed by atoms with E-state index < -0.39 is 5.41 Å². The van der Waals surface area contributed by atoms with Crippen LogP contribution in [0.2, 0.25) is 0 Å². The van der Waals surface area contributed by atoms with E-state index >= 15 is 0 Å². The number of pyridine rings is 1. The molecule has 49 heavy (non-hydrogen) atoms. The molecule has 1 amide bonds. The number of ether oxygens (including phenoxy) is 1. The van der Waals surface area contributed by atoms with Gasteiger partial charge in [0.1, 0.15) is 11.2 Å². The summed E-state index contributed by atoms with van der Waals surface area (Å²) in [6.45, 7) is 16.3. The molecule has 0 spiro atoms. The lowest BCUT2D eigenvalue weighted by Gasteiger charge is -2.40. The maximum Gasteiger partial charge on any atom is 0.232 e. The molecule has 2 aromatic carbocycles. The minimum atomic E-state index is -0.804. The molecule has 3 aromatic rings. The molecule has 2 aliphatic rings. The number of rotatable bonds is 18. The number of piperidine rings is 1. The van der Waals surface area contributed by atoms with Crippen molar-refractivity contribution in [3.05, 3.63) is 95.8 Å². The normalized spacial score (nSPS) is 18.1. The molecule has 2 aliphatic heterocycles. The van der Waals surface area contributed by atoms with E-state index in [2.05, 4.69) is 71.6 Å². The van der Waals surface area contributed by atoms with Crippen molar-refractivity contribution in [1.29, 1.82) is 0 Å².